The van der Waals surface area contributed by atoms with Crippen LogP contribution in [0.25, 0.3) is 0 Å². The minimum Gasteiger partial charge on any atom is -0.349 e. The molecule has 0 bridgehead atoms. The van der Waals surface area contributed by atoms with Crippen LogP contribution in [-0.4, -0.2) is 11.0 Å². The number of aromatic nitrogens is 1. The molecule has 0 amide bonds. The van der Waals surface area contributed by atoms with Gasteiger partial charge in [0.05, 0.1) is 5.56 Å². The van der Waals surface area contributed by atoms with E-state index in [-0.39, 0.29) is 23.8 Å². The smallest absolute Gasteiger partial charge is 0.349 e. The Morgan fingerprint density at radius 1 is 1.13 bits per heavy atom. The van der Waals surface area contributed by atoms with E-state index in [1.807, 2.05) is 11.0 Å². The maximum atomic E-state index is 13.2. The number of nitrogens with zero attached hydrogens (tertiary/aromatic N) is 3. The Morgan fingerprint density at radius 3 is 2.52 bits per heavy atom. The van der Waals surface area contributed by atoms with Crippen molar-refractivity contribution in [2.75, 3.05) is 4.90 Å². The van der Waals surface area contributed by atoms with Crippen LogP contribution < -0.4 is 4.90 Å². The number of pyridine rings is 1. The summed E-state index contributed by atoms with van der Waals surface area (Å²) in [5.41, 5.74) is -0.143. The van der Waals surface area contributed by atoms with E-state index in [0.717, 1.165) is 18.9 Å². The van der Waals surface area contributed by atoms with Gasteiger partial charge in [0.25, 0.3) is 0 Å². The molecule has 0 aliphatic heterocycles. The fourth-order valence-electron chi connectivity index (χ4n) is 2.55. The molecule has 3 nitrogen and oxygen atoms in total. The van der Waals surface area contributed by atoms with Gasteiger partial charge < -0.3 is 4.90 Å². The lowest BCUT2D eigenvalue weighted by molar-refractivity contribution is -0.138. The highest BCUT2D eigenvalue weighted by molar-refractivity contribution is 5.46. The predicted molar refractivity (Wildman–Crippen MR) is 79.6 cm³/mol. The molecule has 0 atom stereocenters. The Labute approximate surface area is 132 Å². The predicted octanol–water partition coefficient (Wildman–Crippen LogP) is 4.14. The second-order valence-electron chi connectivity index (χ2n) is 5.51. The fourth-order valence-corrected chi connectivity index (χ4v) is 2.55. The van der Waals surface area contributed by atoms with Gasteiger partial charge in [0.15, 0.2) is 0 Å². The highest BCUT2D eigenvalue weighted by Crippen LogP contribution is 2.36. The second-order valence-corrected chi connectivity index (χ2v) is 5.51. The summed E-state index contributed by atoms with van der Waals surface area (Å²) in [6.45, 7) is 0.127. The molecule has 1 aromatic carbocycles. The van der Waals surface area contributed by atoms with Gasteiger partial charge in [-0.05, 0) is 36.6 Å². The number of hydrogen-bond donors (Lipinski definition) is 0. The van der Waals surface area contributed by atoms with E-state index < -0.39 is 11.7 Å². The quantitative estimate of drug-likeness (QED) is 0.851. The van der Waals surface area contributed by atoms with Crippen LogP contribution in [0.5, 0.6) is 0 Å². The van der Waals surface area contributed by atoms with Gasteiger partial charge in [-0.2, -0.15) is 18.4 Å². The van der Waals surface area contributed by atoms with Crippen LogP contribution in [0.2, 0.25) is 0 Å². The normalized spacial score (nSPS) is 14.3. The average molecular weight is 317 g/mol. The van der Waals surface area contributed by atoms with Crippen LogP contribution in [0.15, 0.2) is 42.5 Å². The van der Waals surface area contributed by atoms with Crippen LogP contribution in [0, 0.1) is 11.3 Å². The summed E-state index contributed by atoms with van der Waals surface area (Å²) in [7, 11) is 0. The molecule has 1 aliphatic carbocycles. The third-order valence-corrected chi connectivity index (χ3v) is 3.79. The molecular weight excluding hydrogens is 303 g/mol. The Kier molecular flexibility index (Phi) is 3.95. The van der Waals surface area contributed by atoms with Gasteiger partial charge in [-0.3, -0.25) is 0 Å². The maximum Gasteiger partial charge on any atom is 0.416 e. The molecule has 1 heterocycles. The number of halogens is 3. The number of hydrogen-bond acceptors (Lipinski definition) is 3. The van der Waals surface area contributed by atoms with Crippen molar-refractivity contribution in [2.24, 2.45) is 0 Å². The van der Waals surface area contributed by atoms with Crippen LogP contribution in [-0.2, 0) is 12.7 Å². The zero-order valence-electron chi connectivity index (χ0n) is 12.2. The van der Waals surface area contributed by atoms with Gasteiger partial charge in [-0.1, -0.05) is 24.3 Å². The van der Waals surface area contributed by atoms with Crippen LogP contribution >= 0.6 is 0 Å². The zero-order valence-corrected chi connectivity index (χ0v) is 12.2. The molecule has 1 fully saturated rings. The standard InChI is InChI=1S/C17H14F3N3/c18-17(19,20)15-6-2-1-4-12(15)11-23(14-8-9-14)16-7-3-5-13(10-21)22-16/h1-7,14H,8-9,11H2. The van der Waals surface area contributed by atoms with Gasteiger partial charge in [-0.15, -0.1) is 0 Å². The van der Waals surface area contributed by atoms with Crippen molar-refractivity contribution >= 4 is 5.82 Å². The third-order valence-electron chi connectivity index (χ3n) is 3.79. The van der Waals surface area contributed by atoms with Crippen molar-refractivity contribution in [2.45, 2.75) is 31.6 Å². The summed E-state index contributed by atoms with van der Waals surface area (Å²) in [6.07, 6.45) is -2.53. The number of benzene rings is 1. The molecule has 0 saturated heterocycles. The lowest BCUT2D eigenvalue weighted by atomic mass is 10.1. The molecule has 1 aliphatic rings. The minimum absolute atomic E-state index is 0.127. The Bertz CT molecular complexity index is 745. The van der Waals surface area contributed by atoms with Gasteiger partial charge in [0.2, 0.25) is 0 Å². The zero-order chi connectivity index (χ0) is 16.4. The molecule has 0 N–H and O–H groups in total. The van der Waals surface area contributed by atoms with Crippen molar-refractivity contribution in [1.29, 1.82) is 5.26 Å². The van der Waals surface area contributed by atoms with Gasteiger partial charge in [0, 0.05) is 12.6 Å². The van der Waals surface area contributed by atoms with E-state index in [1.165, 1.54) is 12.1 Å². The van der Waals surface area contributed by atoms with E-state index >= 15 is 0 Å². The molecule has 1 saturated carbocycles. The molecule has 3 rings (SSSR count). The summed E-state index contributed by atoms with van der Waals surface area (Å²) in [6, 6.07) is 12.7. The van der Waals surface area contributed by atoms with Crippen LogP contribution in [0.4, 0.5) is 19.0 Å². The largest absolute Gasteiger partial charge is 0.416 e. The summed E-state index contributed by atoms with van der Waals surface area (Å²) < 4.78 is 39.5. The minimum atomic E-state index is -4.38. The number of anilines is 1. The Hall–Kier alpha value is -2.55. The summed E-state index contributed by atoms with van der Waals surface area (Å²) in [4.78, 5) is 6.08. The van der Waals surface area contributed by atoms with Crippen molar-refractivity contribution in [1.82, 2.24) is 4.98 Å². The van der Waals surface area contributed by atoms with E-state index in [9.17, 15) is 13.2 Å². The SMILES string of the molecule is N#Cc1cccc(N(Cc2ccccc2C(F)(F)F)C2CC2)n1. The molecule has 0 radical (unpaired) electrons. The Balaban J connectivity index is 1.94. The first kappa shape index (κ1) is 15.3. The molecule has 0 unspecified atom stereocenters. The van der Waals surface area contributed by atoms with Gasteiger partial charge in [-0.25, -0.2) is 4.98 Å². The first-order valence-electron chi connectivity index (χ1n) is 7.28. The first-order chi connectivity index (χ1) is 11.0. The second kappa shape index (κ2) is 5.92. The van der Waals surface area contributed by atoms with Crippen molar-refractivity contribution in [3.63, 3.8) is 0 Å². The number of alkyl halides is 3. The van der Waals surface area contributed by atoms with E-state index in [4.69, 9.17) is 5.26 Å². The van der Waals surface area contributed by atoms with E-state index in [1.54, 1.807) is 24.3 Å². The fraction of sp³-hybridized carbons (Fsp3) is 0.294. The van der Waals surface area contributed by atoms with Crippen LogP contribution in [0.1, 0.15) is 29.7 Å². The highest BCUT2D eigenvalue weighted by atomic mass is 19.4. The molecule has 2 aromatic rings. The summed E-state index contributed by atoms with van der Waals surface area (Å²) in [5.74, 6) is 0.545. The molecule has 23 heavy (non-hydrogen) atoms. The highest BCUT2D eigenvalue weighted by Gasteiger charge is 2.35. The van der Waals surface area contributed by atoms with Gasteiger partial charge in [0.1, 0.15) is 17.6 Å². The average Bonchev–Trinajstić information content (AvgIpc) is 3.37. The van der Waals surface area contributed by atoms with Crippen molar-refractivity contribution in [3.05, 3.63) is 59.3 Å². The summed E-state index contributed by atoms with van der Waals surface area (Å²) in [5, 5.41) is 8.96. The van der Waals surface area contributed by atoms with E-state index in [2.05, 4.69) is 4.98 Å². The molecule has 118 valence electrons. The first-order valence-corrected chi connectivity index (χ1v) is 7.28. The maximum absolute atomic E-state index is 13.2. The molecule has 6 heteroatoms. The molecular formula is C17H14F3N3. The van der Waals surface area contributed by atoms with Gasteiger partial charge >= 0.3 is 6.18 Å². The van der Waals surface area contributed by atoms with Crippen molar-refractivity contribution < 1.29 is 13.2 Å². The topological polar surface area (TPSA) is 39.9 Å². The lowest BCUT2D eigenvalue weighted by Gasteiger charge is -2.25. The molecule has 1 aromatic heterocycles. The lowest BCUT2D eigenvalue weighted by Crippen LogP contribution is -2.27. The molecule has 0 spiro atoms. The number of nitriles is 1. The third kappa shape index (κ3) is 3.45. The van der Waals surface area contributed by atoms with E-state index in [0.29, 0.717) is 5.82 Å². The summed E-state index contributed by atoms with van der Waals surface area (Å²) >= 11 is 0. The monoisotopic (exact) mass is 317 g/mol. The van der Waals surface area contributed by atoms with Crippen LogP contribution in [0.3, 0.4) is 0 Å². The number of rotatable bonds is 4. The van der Waals surface area contributed by atoms with Crippen molar-refractivity contribution in [3.8, 4) is 6.07 Å². The Morgan fingerprint density at radius 2 is 1.87 bits per heavy atom.